The van der Waals surface area contributed by atoms with Crippen molar-refractivity contribution >= 4 is 32.4 Å². The summed E-state index contributed by atoms with van der Waals surface area (Å²) in [6, 6.07) is 13.7. The fraction of sp³-hybridized carbons (Fsp3) is 0.133. The molecular formula is C15H15N3OS. The number of nitrogens with two attached hydrogens (primary N) is 1. The average molecular weight is 285 g/mol. The summed E-state index contributed by atoms with van der Waals surface area (Å²) in [7, 11) is 1.68. The van der Waals surface area contributed by atoms with Crippen LogP contribution < -0.4 is 15.8 Å². The van der Waals surface area contributed by atoms with Gasteiger partial charge in [-0.25, -0.2) is 4.98 Å². The molecule has 0 saturated heterocycles. The highest BCUT2D eigenvalue weighted by Gasteiger charge is 2.05. The summed E-state index contributed by atoms with van der Waals surface area (Å²) in [6.45, 7) is 0.680. The van der Waals surface area contributed by atoms with Crippen LogP contribution in [0.3, 0.4) is 0 Å². The van der Waals surface area contributed by atoms with Crippen molar-refractivity contribution in [3.05, 3.63) is 48.0 Å². The largest absolute Gasteiger partial charge is 0.496 e. The third-order valence-electron chi connectivity index (χ3n) is 3.04. The molecule has 102 valence electrons. The second-order valence-corrected chi connectivity index (χ2v) is 5.44. The van der Waals surface area contributed by atoms with Crippen LogP contribution in [0.4, 0.5) is 10.8 Å². The molecule has 0 fully saturated rings. The van der Waals surface area contributed by atoms with E-state index >= 15 is 0 Å². The van der Waals surface area contributed by atoms with Gasteiger partial charge in [-0.15, -0.1) is 0 Å². The van der Waals surface area contributed by atoms with Gasteiger partial charge in [0, 0.05) is 17.8 Å². The fourth-order valence-corrected chi connectivity index (χ4v) is 2.95. The van der Waals surface area contributed by atoms with Gasteiger partial charge in [0.25, 0.3) is 0 Å². The molecule has 0 saturated carbocycles. The van der Waals surface area contributed by atoms with Crippen LogP contribution in [0.5, 0.6) is 5.75 Å². The Bertz CT molecular complexity index is 739. The molecule has 3 N–H and O–H groups in total. The maximum absolute atomic E-state index is 5.78. The number of anilines is 2. The van der Waals surface area contributed by atoms with Crippen LogP contribution in [0.1, 0.15) is 5.56 Å². The van der Waals surface area contributed by atoms with Gasteiger partial charge in [0.2, 0.25) is 0 Å². The Kier molecular flexibility index (Phi) is 3.43. The highest BCUT2D eigenvalue weighted by atomic mass is 32.1. The Morgan fingerprint density at radius 2 is 2.10 bits per heavy atom. The normalized spacial score (nSPS) is 10.7. The molecule has 0 bridgehead atoms. The standard InChI is InChI=1S/C15H15N3OS/c1-19-13-5-3-2-4-10(13)9-17-15-18-12-7-6-11(16)8-14(12)20-15/h2-8H,9,16H2,1H3,(H,17,18). The van der Waals surface area contributed by atoms with E-state index in [0.717, 1.165) is 32.3 Å². The summed E-state index contributed by atoms with van der Waals surface area (Å²) in [5.41, 5.74) is 8.61. The Balaban J connectivity index is 1.79. The molecule has 0 amide bonds. The van der Waals surface area contributed by atoms with E-state index in [0.29, 0.717) is 6.54 Å². The number of aromatic nitrogens is 1. The number of benzene rings is 2. The van der Waals surface area contributed by atoms with Crippen molar-refractivity contribution in [3.63, 3.8) is 0 Å². The summed E-state index contributed by atoms with van der Waals surface area (Å²) in [6.07, 6.45) is 0. The molecule has 20 heavy (non-hydrogen) atoms. The molecule has 0 unspecified atom stereocenters. The first kappa shape index (κ1) is 12.7. The SMILES string of the molecule is COc1ccccc1CNc1nc2ccc(N)cc2s1. The van der Waals surface area contributed by atoms with E-state index in [1.165, 1.54) is 0 Å². The van der Waals surface area contributed by atoms with E-state index in [1.54, 1.807) is 18.4 Å². The van der Waals surface area contributed by atoms with E-state index in [1.807, 2.05) is 42.5 Å². The molecule has 0 aliphatic carbocycles. The number of para-hydroxylation sites is 1. The summed E-state index contributed by atoms with van der Waals surface area (Å²) >= 11 is 1.60. The number of nitrogens with one attached hydrogen (secondary N) is 1. The summed E-state index contributed by atoms with van der Waals surface area (Å²) in [4.78, 5) is 4.54. The van der Waals surface area contributed by atoms with Crippen LogP contribution in [-0.2, 0) is 6.54 Å². The van der Waals surface area contributed by atoms with Crippen molar-refractivity contribution in [2.24, 2.45) is 0 Å². The van der Waals surface area contributed by atoms with E-state index in [2.05, 4.69) is 10.3 Å². The van der Waals surface area contributed by atoms with Crippen LogP contribution in [-0.4, -0.2) is 12.1 Å². The Labute approximate surface area is 121 Å². The van der Waals surface area contributed by atoms with Gasteiger partial charge in [-0.2, -0.15) is 0 Å². The minimum absolute atomic E-state index is 0.680. The Morgan fingerprint density at radius 3 is 2.95 bits per heavy atom. The Morgan fingerprint density at radius 1 is 1.25 bits per heavy atom. The predicted molar refractivity (Wildman–Crippen MR) is 84.4 cm³/mol. The van der Waals surface area contributed by atoms with Gasteiger partial charge in [0.1, 0.15) is 5.75 Å². The first-order valence-corrected chi connectivity index (χ1v) is 7.10. The van der Waals surface area contributed by atoms with Gasteiger partial charge in [-0.3, -0.25) is 0 Å². The number of nitrogens with zero attached hydrogens (tertiary/aromatic N) is 1. The number of rotatable bonds is 4. The minimum Gasteiger partial charge on any atom is -0.496 e. The molecule has 4 nitrogen and oxygen atoms in total. The van der Waals surface area contributed by atoms with Gasteiger partial charge in [0.05, 0.1) is 17.3 Å². The van der Waals surface area contributed by atoms with Crippen molar-refractivity contribution in [1.82, 2.24) is 4.98 Å². The lowest BCUT2D eigenvalue weighted by Crippen LogP contribution is -2.00. The zero-order chi connectivity index (χ0) is 13.9. The maximum Gasteiger partial charge on any atom is 0.184 e. The molecular weight excluding hydrogens is 270 g/mol. The summed E-state index contributed by atoms with van der Waals surface area (Å²) < 4.78 is 6.43. The molecule has 0 spiro atoms. The smallest absolute Gasteiger partial charge is 0.184 e. The number of methoxy groups -OCH3 is 1. The van der Waals surface area contributed by atoms with Crippen molar-refractivity contribution in [2.75, 3.05) is 18.2 Å². The molecule has 1 heterocycles. The third kappa shape index (κ3) is 2.53. The zero-order valence-corrected chi connectivity index (χ0v) is 11.9. The van der Waals surface area contributed by atoms with Crippen LogP contribution in [0.25, 0.3) is 10.2 Å². The first-order chi connectivity index (χ1) is 9.76. The lowest BCUT2D eigenvalue weighted by molar-refractivity contribution is 0.410. The molecule has 2 aromatic carbocycles. The van der Waals surface area contributed by atoms with Gasteiger partial charge in [0.15, 0.2) is 5.13 Å². The second kappa shape index (κ2) is 5.38. The second-order valence-electron chi connectivity index (χ2n) is 4.41. The molecule has 0 aliphatic heterocycles. The minimum atomic E-state index is 0.680. The topological polar surface area (TPSA) is 60.2 Å². The lowest BCUT2D eigenvalue weighted by Gasteiger charge is -2.08. The highest BCUT2D eigenvalue weighted by molar-refractivity contribution is 7.22. The zero-order valence-electron chi connectivity index (χ0n) is 11.1. The van der Waals surface area contributed by atoms with E-state index < -0.39 is 0 Å². The van der Waals surface area contributed by atoms with E-state index in [-0.39, 0.29) is 0 Å². The lowest BCUT2D eigenvalue weighted by atomic mass is 10.2. The quantitative estimate of drug-likeness (QED) is 0.720. The van der Waals surface area contributed by atoms with Gasteiger partial charge < -0.3 is 15.8 Å². The van der Waals surface area contributed by atoms with Crippen molar-refractivity contribution in [3.8, 4) is 5.75 Å². The number of fused-ring (bicyclic) bond motifs is 1. The van der Waals surface area contributed by atoms with Crippen LogP contribution >= 0.6 is 11.3 Å². The molecule has 3 rings (SSSR count). The highest BCUT2D eigenvalue weighted by Crippen LogP contribution is 2.28. The summed E-state index contributed by atoms with van der Waals surface area (Å²) in [5.74, 6) is 0.880. The maximum atomic E-state index is 5.78. The van der Waals surface area contributed by atoms with E-state index in [4.69, 9.17) is 10.5 Å². The number of ether oxygens (including phenoxy) is 1. The molecule has 1 aromatic heterocycles. The number of hydrogen-bond donors (Lipinski definition) is 2. The predicted octanol–water partition coefficient (Wildman–Crippen LogP) is 3.50. The van der Waals surface area contributed by atoms with Crippen LogP contribution in [0.2, 0.25) is 0 Å². The van der Waals surface area contributed by atoms with Crippen LogP contribution in [0, 0.1) is 0 Å². The van der Waals surface area contributed by atoms with Crippen molar-refractivity contribution in [1.29, 1.82) is 0 Å². The van der Waals surface area contributed by atoms with Gasteiger partial charge in [-0.05, 0) is 24.3 Å². The van der Waals surface area contributed by atoms with Gasteiger partial charge >= 0.3 is 0 Å². The average Bonchev–Trinajstić information content (AvgIpc) is 2.87. The van der Waals surface area contributed by atoms with Crippen LogP contribution in [0.15, 0.2) is 42.5 Å². The summed E-state index contributed by atoms with van der Waals surface area (Å²) in [5, 5.41) is 4.22. The third-order valence-corrected chi connectivity index (χ3v) is 4.01. The van der Waals surface area contributed by atoms with Gasteiger partial charge in [-0.1, -0.05) is 29.5 Å². The van der Waals surface area contributed by atoms with Crippen molar-refractivity contribution < 1.29 is 4.74 Å². The van der Waals surface area contributed by atoms with Crippen molar-refractivity contribution in [2.45, 2.75) is 6.54 Å². The molecule has 0 aliphatic rings. The molecule has 5 heteroatoms. The monoisotopic (exact) mass is 285 g/mol. The fourth-order valence-electron chi connectivity index (χ4n) is 2.04. The first-order valence-electron chi connectivity index (χ1n) is 6.28. The number of nitrogen functional groups attached to an aromatic ring is 1. The molecule has 0 radical (unpaired) electrons. The molecule has 0 atom stereocenters. The van der Waals surface area contributed by atoms with E-state index in [9.17, 15) is 0 Å². The number of thiazole rings is 1. The molecule has 3 aromatic rings. The number of hydrogen-bond acceptors (Lipinski definition) is 5. The Hall–Kier alpha value is -2.27.